The van der Waals surface area contributed by atoms with Crippen molar-refractivity contribution in [3.05, 3.63) is 48.0 Å². The van der Waals surface area contributed by atoms with Crippen LogP contribution in [-0.2, 0) is 9.59 Å². The number of carboxylic acid groups (broad SMARTS) is 1. The zero-order valence-corrected chi connectivity index (χ0v) is 10.6. The number of aliphatic carboxylic acids is 1. The lowest BCUT2D eigenvalue weighted by Gasteiger charge is -2.09. The summed E-state index contributed by atoms with van der Waals surface area (Å²) in [7, 11) is 0. The van der Waals surface area contributed by atoms with Crippen LogP contribution in [0.2, 0.25) is 0 Å². The van der Waals surface area contributed by atoms with E-state index in [4.69, 9.17) is 9.52 Å². The lowest BCUT2D eigenvalue weighted by Crippen LogP contribution is -2.07. The molecule has 20 heavy (non-hydrogen) atoms. The van der Waals surface area contributed by atoms with E-state index in [0.29, 0.717) is 17.4 Å². The third-order valence-electron chi connectivity index (χ3n) is 3.39. The van der Waals surface area contributed by atoms with Gasteiger partial charge >= 0.3 is 5.97 Å². The first-order valence-electron chi connectivity index (χ1n) is 6.28. The van der Waals surface area contributed by atoms with Crippen LogP contribution in [0.25, 0.3) is 21.9 Å². The Morgan fingerprint density at radius 3 is 2.65 bits per heavy atom. The number of fused-ring (bicyclic) bond motifs is 3. The van der Waals surface area contributed by atoms with Crippen LogP contribution in [0.1, 0.15) is 17.9 Å². The van der Waals surface area contributed by atoms with Crippen molar-refractivity contribution in [1.29, 1.82) is 0 Å². The molecular weight excluding hydrogens is 256 g/mol. The molecule has 0 aliphatic carbocycles. The van der Waals surface area contributed by atoms with Gasteiger partial charge in [0.05, 0.1) is 12.3 Å². The van der Waals surface area contributed by atoms with Crippen LogP contribution in [0.3, 0.4) is 0 Å². The molecule has 4 nitrogen and oxygen atoms in total. The van der Waals surface area contributed by atoms with E-state index in [1.54, 1.807) is 12.1 Å². The Morgan fingerprint density at radius 1 is 1.15 bits per heavy atom. The van der Waals surface area contributed by atoms with E-state index in [-0.39, 0.29) is 6.42 Å². The highest BCUT2D eigenvalue weighted by molar-refractivity contribution is 6.07. The van der Waals surface area contributed by atoms with E-state index >= 15 is 0 Å². The fourth-order valence-electron chi connectivity index (χ4n) is 2.53. The average Bonchev–Trinajstić information content (AvgIpc) is 2.83. The highest BCUT2D eigenvalue weighted by Crippen LogP contribution is 2.34. The van der Waals surface area contributed by atoms with E-state index in [0.717, 1.165) is 16.4 Å². The smallest absolute Gasteiger partial charge is 0.304 e. The normalized spacial score (nSPS) is 12.6. The minimum Gasteiger partial charge on any atom is -0.481 e. The third-order valence-corrected chi connectivity index (χ3v) is 3.39. The van der Waals surface area contributed by atoms with Gasteiger partial charge in [-0.1, -0.05) is 30.3 Å². The van der Waals surface area contributed by atoms with Gasteiger partial charge in [0.2, 0.25) is 0 Å². The summed E-state index contributed by atoms with van der Waals surface area (Å²) in [6, 6.07) is 12.9. The van der Waals surface area contributed by atoms with Crippen molar-refractivity contribution in [1.82, 2.24) is 0 Å². The third kappa shape index (κ3) is 1.95. The van der Waals surface area contributed by atoms with Crippen molar-refractivity contribution in [2.75, 3.05) is 0 Å². The number of furan rings is 1. The first-order valence-corrected chi connectivity index (χ1v) is 6.28. The molecule has 0 saturated heterocycles. The zero-order chi connectivity index (χ0) is 14.1. The van der Waals surface area contributed by atoms with E-state index in [1.165, 1.54) is 0 Å². The highest BCUT2D eigenvalue weighted by Gasteiger charge is 2.20. The summed E-state index contributed by atoms with van der Waals surface area (Å²) in [5.41, 5.74) is 2.10. The Bertz CT molecular complexity index is 800. The molecule has 4 heteroatoms. The summed E-state index contributed by atoms with van der Waals surface area (Å²) < 4.78 is 5.73. The number of carboxylic acids is 1. The second-order valence-electron chi connectivity index (χ2n) is 4.66. The number of hydrogen-bond acceptors (Lipinski definition) is 3. The topological polar surface area (TPSA) is 67.5 Å². The molecule has 1 unspecified atom stereocenters. The minimum atomic E-state index is -0.994. The summed E-state index contributed by atoms with van der Waals surface area (Å²) in [6.07, 6.45) is 0.465. The number of hydrogen-bond donors (Lipinski definition) is 1. The average molecular weight is 268 g/mol. The molecule has 2 aromatic carbocycles. The Balaban J connectivity index is 2.29. The Kier molecular flexibility index (Phi) is 2.99. The standard InChI is InChI=1S/C16H12O4/c17-9-10(8-15(18)19)11-5-3-7-14-16(11)12-4-1-2-6-13(12)20-14/h1-7,9-10H,8H2,(H,18,19). The summed E-state index contributed by atoms with van der Waals surface area (Å²) in [6.45, 7) is 0. The molecule has 0 saturated carbocycles. The number of rotatable bonds is 4. The van der Waals surface area contributed by atoms with Gasteiger partial charge in [-0.2, -0.15) is 0 Å². The molecule has 100 valence electrons. The maximum atomic E-state index is 11.2. The maximum absolute atomic E-state index is 11.2. The van der Waals surface area contributed by atoms with Gasteiger partial charge in [0.15, 0.2) is 0 Å². The predicted octanol–water partition coefficient (Wildman–Crippen LogP) is 3.34. The molecule has 0 spiro atoms. The Morgan fingerprint density at radius 2 is 1.90 bits per heavy atom. The Hall–Kier alpha value is -2.62. The maximum Gasteiger partial charge on any atom is 0.304 e. The van der Waals surface area contributed by atoms with Crippen LogP contribution in [0.15, 0.2) is 46.9 Å². The number of para-hydroxylation sites is 1. The van der Waals surface area contributed by atoms with E-state index in [1.807, 2.05) is 30.3 Å². The number of benzene rings is 2. The van der Waals surface area contributed by atoms with Gasteiger partial charge in [-0.25, -0.2) is 0 Å². The van der Waals surface area contributed by atoms with Crippen LogP contribution in [0.5, 0.6) is 0 Å². The molecular formula is C16H12O4. The molecule has 0 aliphatic heterocycles. The largest absolute Gasteiger partial charge is 0.481 e. The SMILES string of the molecule is O=CC(CC(=O)O)c1cccc2oc3ccccc3c12. The molecule has 1 N–H and O–H groups in total. The fourth-order valence-corrected chi connectivity index (χ4v) is 2.53. The molecule has 3 aromatic rings. The summed E-state index contributed by atoms with van der Waals surface area (Å²) in [5.74, 6) is -1.66. The quantitative estimate of drug-likeness (QED) is 0.737. The van der Waals surface area contributed by atoms with Crippen LogP contribution in [0.4, 0.5) is 0 Å². The minimum absolute atomic E-state index is 0.220. The van der Waals surface area contributed by atoms with E-state index < -0.39 is 11.9 Å². The lowest BCUT2D eigenvalue weighted by atomic mass is 9.93. The van der Waals surface area contributed by atoms with E-state index in [2.05, 4.69) is 0 Å². The van der Waals surface area contributed by atoms with Gasteiger partial charge < -0.3 is 14.3 Å². The highest BCUT2D eigenvalue weighted by atomic mass is 16.4. The number of carbonyl (C=O) groups excluding carboxylic acids is 1. The van der Waals surface area contributed by atoms with Crippen molar-refractivity contribution in [2.24, 2.45) is 0 Å². The lowest BCUT2D eigenvalue weighted by molar-refractivity contribution is -0.138. The van der Waals surface area contributed by atoms with Crippen LogP contribution in [-0.4, -0.2) is 17.4 Å². The van der Waals surface area contributed by atoms with Crippen LogP contribution < -0.4 is 0 Å². The van der Waals surface area contributed by atoms with Gasteiger partial charge in [-0.3, -0.25) is 4.79 Å². The number of carbonyl (C=O) groups is 2. The summed E-state index contributed by atoms with van der Waals surface area (Å²) >= 11 is 0. The number of aldehydes is 1. The van der Waals surface area contributed by atoms with Gasteiger partial charge in [0, 0.05) is 10.8 Å². The first-order chi connectivity index (χ1) is 9.70. The second-order valence-corrected chi connectivity index (χ2v) is 4.66. The molecule has 0 fully saturated rings. The van der Waals surface area contributed by atoms with Gasteiger partial charge in [0.25, 0.3) is 0 Å². The van der Waals surface area contributed by atoms with Gasteiger partial charge in [-0.05, 0) is 17.7 Å². The van der Waals surface area contributed by atoms with Crippen molar-refractivity contribution in [2.45, 2.75) is 12.3 Å². The molecule has 3 rings (SSSR count). The van der Waals surface area contributed by atoms with Crippen molar-refractivity contribution < 1.29 is 19.1 Å². The van der Waals surface area contributed by atoms with E-state index in [9.17, 15) is 9.59 Å². The molecule has 1 heterocycles. The fraction of sp³-hybridized carbons (Fsp3) is 0.125. The molecule has 1 atom stereocenters. The second kappa shape index (κ2) is 4.81. The molecule has 1 aromatic heterocycles. The molecule has 0 radical (unpaired) electrons. The Labute approximate surface area is 114 Å². The van der Waals surface area contributed by atoms with Crippen LogP contribution in [0, 0.1) is 0 Å². The monoisotopic (exact) mass is 268 g/mol. The zero-order valence-electron chi connectivity index (χ0n) is 10.6. The van der Waals surface area contributed by atoms with Gasteiger partial charge in [-0.15, -0.1) is 0 Å². The van der Waals surface area contributed by atoms with Crippen molar-refractivity contribution in [3.63, 3.8) is 0 Å². The van der Waals surface area contributed by atoms with Gasteiger partial charge in [0.1, 0.15) is 17.5 Å². The van der Waals surface area contributed by atoms with Crippen molar-refractivity contribution >= 4 is 34.2 Å². The molecule has 0 aliphatic rings. The van der Waals surface area contributed by atoms with Crippen molar-refractivity contribution in [3.8, 4) is 0 Å². The molecule has 0 bridgehead atoms. The first kappa shape index (κ1) is 12.4. The summed E-state index contributed by atoms with van der Waals surface area (Å²) in [5, 5.41) is 10.6. The van der Waals surface area contributed by atoms with Crippen LogP contribution >= 0.6 is 0 Å². The molecule has 0 amide bonds. The predicted molar refractivity (Wildman–Crippen MR) is 74.8 cm³/mol. The summed E-state index contributed by atoms with van der Waals surface area (Å²) in [4.78, 5) is 22.1.